The number of carbonyl (C=O) groups is 1. The second kappa shape index (κ2) is 10.9. The second-order valence-electron chi connectivity index (χ2n) is 8.25. The number of methoxy groups -OCH3 is 1. The van der Waals surface area contributed by atoms with E-state index < -0.39 is 6.04 Å². The molecule has 2 amide bonds. The van der Waals surface area contributed by atoms with Crippen LogP contribution in [0.25, 0.3) is 16.6 Å². The van der Waals surface area contributed by atoms with Crippen LogP contribution in [-0.4, -0.2) is 41.2 Å². The predicted molar refractivity (Wildman–Crippen MR) is 141 cm³/mol. The van der Waals surface area contributed by atoms with Crippen LogP contribution in [0.1, 0.15) is 32.1 Å². The first kappa shape index (κ1) is 24.8. The van der Waals surface area contributed by atoms with E-state index in [4.69, 9.17) is 14.5 Å². The van der Waals surface area contributed by atoms with Crippen molar-refractivity contribution in [3.05, 3.63) is 89.0 Å². The Balaban J connectivity index is 1.78. The molecule has 8 heteroatoms. The number of rotatable bonds is 8. The SMILES string of the molecule is CCOc1ccc(-n2c(C(CC)N(C)C(=O)Nc3cccc(OC)c3)nc3ccccc3c2=O)cc1. The molecule has 0 saturated heterocycles. The Morgan fingerprint density at radius 3 is 2.47 bits per heavy atom. The number of ether oxygens (including phenoxy) is 2. The zero-order chi connectivity index (χ0) is 25.7. The van der Waals surface area contributed by atoms with Gasteiger partial charge in [-0.05, 0) is 61.9 Å². The minimum Gasteiger partial charge on any atom is -0.497 e. The van der Waals surface area contributed by atoms with Crippen LogP contribution < -0.4 is 20.3 Å². The van der Waals surface area contributed by atoms with Crippen molar-refractivity contribution in [2.45, 2.75) is 26.3 Å². The van der Waals surface area contributed by atoms with Gasteiger partial charge in [-0.25, -0.2) is 9.78 Å². The maximum Gasteiger partial charge on any atom is 0.322 e. The molecule has 1 N–H and O–H groups in total. The molecule has 8 nitrogen and oxygen atoms in total. The summed E-state index contributed by atoms with van der Waals surface area (Å²) in [5.74, 6) is 1.84. The van der Waals surface area contributed by atoms with Gasteiger partial charge in [-0.1, -0.05) is 25.1 Å². The van der Waals surface area contributed by atoms with Gasteiger partial charge in [-0.2, -0.15) is 0 Å². The molecule has 0 fully saturated rings. The van der Waals surface area contributed by atoms with Crippen molar-refractivity contribution in [1.29, 1.82) is 0 Å². The number of hydrogen-bond donors (Lipinski definition) is 1. The third-order valence-electron chi connectivity index (χ3n) is 6.00. The fourth-order valence-electron chi connectivity index (χ4n) is 4.16. The van der Waals surface area contributed by atoms with E-state index in [0.29, 0.717) is 52.6 Å². The predicted octanol–water partition coefficient (Wildman–Crippen LogP) is 5.41. The van der Waals surface area contributed by atoms with Gasteiger partial charge in [0.15, 0.2) is 0 Å². The number of benzene rings is 3. The number of para-hydroxylation sites is 1. The molecule has 1 atom stereocenters. The first-order valence-corrected chi connectivity index (χ1v) is 11.9. The van der Waals surface area contributed by atoms with Crippen molar-refractivity contribution in [3.8, 4) is 17.2 Å². The van der Waals surface area contributed by atoms with Crippen LogP contribution in [0, 0.1) is 0 Å². The van der Waals surface area contributed by atoms with Gasteiger partial charge in [-0.15, -0.1) is 0 Å². The van der Waals surface area contributed by atoms with Crippen molar-refractivity contribution in [2.75, 3.05) is 26.1 Å². The fourth-order valence-corrected chi connectivity index (χ4v) is 4.16. The Morgan fingerprint density at radius 1 is 1.03 bits per heavy atom. The molecule has 1 heterocycles. The van der Waals surface area contributed by atoms with Crippen LogP contribution >= 0.6 is 0 Å². The van der Waals surface area contributed by atoms with Crippen LogP contribution in [0.15, 0.2) is 77.6 Å². The maximum absolute atomic E-state index is 13.7. The third-order valence-corrected chi connectivity index (χ3v) is 6.00. The molecule has 1 unspecified atom stereocenters. The Hall–Kier alpha value is -4.33. The molecule has 0 saturated carbocycles. The largest absolute Gasteiger partial charge is 0.497 e. The van der Waals surface area contributed by atoms with Crippen molar-refractivity contribution in [2.24, 2.45) is 0 Å². The minimum absolute atomic E-state index is 0.195. The summed E-state index contributed by atoms with van der Waals surface area (Å²) in [4.78, 5) is 33.4. The Morgan fingerprint density at radius 2 is 1.78 bits per heavy atom. The topological polar surface area (TPSA) is 85.7 Å². The van der Waals surface area contributed by atoms with E-state index in [9.17, 15) is 9.59 Å². The fraction of sp³-hybridized carbons (Fsp3) is 0.250. The molecule has 0 aliphatic carbocycles. The minimum atomic E-state index is -0.473. The Kier molecular flexibility index (Phi) is 7.53. The van der Waals surface area contributed by atoms with Gasteiger partial charge >= 0.3 is 6.03 Å². The van der Waals surface area contributed by atoms with Crippen molar-refractivity contribution in [1.82, 2.24) is 14.5 Å². The summed E-state index contributed by atoms with van der Waals surface area (Å²) < 4.78 is 12.4. The van der Waals surface area contributed by atoms with Crippen LogP contribution in [-0.2, 0) is 0 Å². The lowest BCUT2D eigenvalue weighted by Crippen LogP contribution is -2.38. The number of aromatic nitrogens is 2. The number of nitrogens with one attached hydrogen (secondary N) is 1. The standard InChI is InChI=1S/C28H30N4O4/c1-5-25(31(3)28(34)29-19-10-9-11-22(18-19)35-4)26-30-24-13-8-7-12-23(24)27(33)32(26)20-14-16-21(17-15-20)36-6-2/h7-18,25H,5-6H2,1-4H3,(H,29,34). The van der Waals surface area contributed by atoms with Gasteiger partial charge in [0.25, 0.3) is 5.56 Å². The highest BCUT2D eigenvalue weighted by atomic mass is 16.5. The zero-order valence-electron chi connectivity index (χ0n) is 20.9. The lowest BCUT2D eigenvalue weighted by atomic mass is 10.1. The molecule has 0 aliphatic rings. The second-order valence-corrected chi connectivity index (χ2v) is 8.25. The van der Waals surface area contributed by atoms with Gasteiger partial charge in [0, 0.05) is 18.8 Å². The number of nitrogens with zero attached hydrogens (tertiary/aromatic N) is 3. The Labute approximate surface area is 210 Å². The van der Waals surface area contributed by atoms with Crippen LogP contribution in [0.5, 0.6) is 11.5 Å². The number of fused-ring (bicyclic) bond motifs is 1. The molecule has 0 aliphatic heterocycles. The highest BCUT2D eigenvalue weighted by molar-refractivity contribution is 5.89. The van der Waals surface area contributed by atoms with E-state index >= 15 is 0 Å². The summed E-state index contributed by atoms with van der Waals surface area (Å²) in [5.41, 5.74) is 1.65. The maximum atomic E-state index is 13.7. The lowest BCUT2D eigenvalue weighted by Gasteiger charge is -2.29. The van der Waals surface area contributed by atoms with Gasteiger partial charge in [0.05, 0.1) is 36.3 Å². The molecular formula is C28H30N4O4. The zero-order valence-corrected chi connectivity index (χ0v) is 20.9. The van der Waals surface area contributed by atoms with E-state index in [-0.39, 0.29) is 11.6 Å². The summed E-state index contributed by atoms with van der Waals surface area (Å²) >= 11 is 0. The summed E-state index contributed by atoms with van der Waals surface area (Å²) in [5, 5.41) is 3.42. The smallest absolute Gasteiger partial charge is 0.322 e. The molecule has 1 aromatic heterocycles. The number of hydrogen-bond acceptors (Lipinski definition) is 5. The highest BCUT2D eigenvalue weighted by Crippen LogP contribution is 2.27. The molecule has 0 spiro atoms. The quantitative estimate of drug-likeness (QED) is 0.360. The Bertz CT molecular complexity index is 1420. The van der Waals surface area contributed by atoms with E-state index in [2.05, 4.69) is 5.32 Å². The third kappa shape index (κ3) is 5.02. The normalized spacial score (nSPS) is 11.7. The van der Waals surface area contributed by atoms with Crippen LogP contribution in [0.2, 0.25) is 0 Å². The highest BCUT2D eigenvalue weighted by Gasteiger charge is 2.26. The number of urea groups is 1. The summed E-state index contributed by atoms with van der Waals surface area (Å²) in [6.07, 6.45) is 0.545. The van der Waals surface area contributed by atoms with Crippen molar-refractivity contribution in [3.63, 3.8) is 0 Å². The summed E-state index contributed by atoms with van der Waals surface area (Å²) in [6, 6.07) is 20.9. The van der Waals surface area contributed by atoms with Crippen molar-refractivity contribution >= 4 is 22.6 Å². The van der Waals surface area contributed by atoms with Gasteiger partial charge in [-0.3, -0.25) is 9.36 Å². The van der Waals surface area contributed by atoms with Gasteiger partial charge < -0.3 is 19.7 Å². The van der Waals surface area contributed by atoms with Gasteiger partial charge in [0.1, 0.15) is 17.3 Å². The van der Waals surface area contributed by atoms with Gasteiger partial charge in [0.2, 0.25) is 0 Å². The van der Waals surface area contributed by atoms with Crippen molar-refractivity contribution < 1.29 is 14.3 Å². The average Bonchev–Trinajstić information content (AvgIpc) is 2.90. The molecule has 4 aromatic rings. The summed E-state index contributed by atoms with van der Waals surface area (Å²) in [7, 11) is 3.28. The van der Waals surface area contributed by atoms with Crippen LogP contribution in [0.3, 0.4) is 0 Å². The average molecular weight is 487 g/mol. The molecule has 36 heavy (non-hydrogen) atoms. The van der Waals surface area contributed by atoms with E-state index in [1.807, 2.05) is 62.4 Å². The number of carbonyl (C=O) groups excluding carboxylic acids is 1. The first-order chi connectivity index (χ1) is 17.5. The van der Waals surface area contributed by atoms with E-state index in [0.717, 1.165) is 0 Å². The number of amides is 2. The molecule has 0 radical (unpaired) electrons. The molecule has 0 bridgehead atoms. The van der Waals surface area contributed by atoms with Crippen LogP contribution in [0.4, 0.5) is 10.5 Å². The summed E-state index contributed by atoms with van der Waals surface area (Å²) in [6.45, 7) is 4.43. The molecule has 186 valence electrons. The van der Waals surface area contributed by atoms with E-state index in [1.165, 1.54) is 0 Å². The lowest BCUT2D eigenvalue weighted by molar-refractivity contribution is 0.199. The monoisotopic (exact) mass is 486 g/mol. The molecular weight excluding hydrogens is 456 g/mol. The molecule has 4 rings (SSSR count). The first-order valence-electron chi connectivity index (χ1n) is 11.9. The van der Waals surface area contributed by atoms with E-state index in [1.54, 1.807) is 47.9 Å². The number of anilines is 1. The molecule has 3 aromatic carbocycles.